The molecule has 0 aliphatic heterocycles. The average Bonchev–Trinajstić information content (AvgIpc) is 2.31. The van der Waals surface area contributed by atoms with Crippen LogP contribution >= 0.6 is 11.3 Å². The summed E-state index contributed by atoms with van der Waals surface area (Å²) in [5.74, 6) is 0. The van der Waals surface area contributed by atoms with E-state index in [0.717, 1.165) is 11.3 Å². The highest BCUT2D eigenvalue weighted by molar-refractivity contribution is 7.08. The lowest BCUT2D eigenvalue weighted by Crippen LogP contribution is -2.09. The van der Waals surface area contributed by atoms with Crippen LogP contribution in [0.3, 0.4) is 0 Å². The van der Waals surface area contributed by atoms with Crippen LogP contribution in [0.5, 0.6) is 0 Å². The van der Waals surface area contributed by atoms with E-state index in [0.29, 0.717) is 0 Å². The molecular formula is C7H9F2NS. The number of alkyl halides is 2. The first kappa shape index (κ1) is 8.46. The zero-order valence-electron chi connectivity index (χ0n) is 6.10. The van der Waals surface area contributed by atoms with Crippen molar-refractivity contribution < 1.29 is 8.78 Å². The van der Waals surface area contributed by atoms with Crippen LogP contribution in [-0.4, -0.2) is 13.0 Å². The van der Waals surface area contributed by atoms with Crippen molar-refractivity contribution in [2.45, 2.75) is 13.3 Å². The van der Waals surface area contributed by atoms with Gasteiger partial charge < -0.3 is 5.32 Å². The van der Waals surface area contributed by atoms with E-state index in [4.69, 9.17) is 0 Å². The summed E-state index contributed by atoms with van der Waals surface area (Å²) in [6.45, 7) is 1.63. The molecule has 0 aliphatic rings. The summed E-state index contributed by atoms with van der Waals surface area (Å²) in [6.07, 6.45) is -2.28. The van der Waals surface area contributed by atoms with E-state index in [-0.39, 0.29) is 6.54 Å². The third kappa shape index (κ3) is 2.46. The first-order valence-corrected chi connectivity index (χ1v) is 4.19. The van der Waals surface area contributed by atoms with E-state index in [1.165, 1.54) is 11.3 Å². The van der Waals surface area contributed by atoms with E-state index >= 15 is 0 Å². The molecule has 0 atom stereocenters. The molecule has 1 aromatic heterocycles. The Labute approximate surface area is 68.0 Å². The Morgan fingerprint density at radius 1 is 1.55 bits per heavy atom. The fourth-order valence-corrected chi connectivity index (χ4v) is 1.53. The SMILES string of the molecule is Cc1cscc1NCC(F)F. The standard InChI is InChI=1S/C7H9F2NS/c1-5-3-11-4-6(5)10-2-7(8)9/h3-4,7,10H,2H2,1H3. The number of rotatable bonds is 3. The van der Waals surface area contributed by atoms with Gasteiger partial charge in [-0.05, 0) is 17.9 Å². The van der Waals surface area contributed by atoms with Gasteiger partial charge in [-0.2, -0.15) is 0 Å². The molecule has 0 bridgehead atoms. The minimum absolute atomic E-state index is 0.266. The molecule has 0 spiro atoms. The molecule has 0 unspecified atom stereocenters. The number of thiophene rings is 1. The van der Waals surface area contributed by atoms with E-state index < -0.39 is 6.43 Å². The maximum absolute atomic E-state index is 11.7. The second-order valence-corrected chi connectivity index (χ2v) is 2.98. The summed E-state index contributed by atoms with van der Waals surface area (Å²) in [6, 6.07) is 0. The first-order valence-electron chi connectivity index (χ1n) is 3.25. The quantitative estimate of drug-likeness (QED) is 0.748. The second kappa shape index (κ2) is 3.67. The molecule has 0 fully saturated rings. The molecule has 1 aromatic rings. The van der Waals surface area contributed by atoms with Gasteiger partial charge in [-0.3, -0.25) is 0 Å². The van der Waals surface area contributed by atoms with Gasteiger partial charge in [-0.1, -0.05) is 0 Å². The summed E-state index contributed by atoms with van der Waals surface area (Å²) >= 11 is 1.51. The van der Waals surface area contributed by atoms with Crippen LogP contribution in [0.25, 0.3) is 0 Å². The Morgan fingerprint density at radius 2 is 2.27 bits per heavy atom. The number of nitrogens with one attached hydrogen (secondary N) is 1. The van der Waals surface area contributed by atoms with Gasteiger partial charge in [0.2, 0.25) is 0 Å². The van der Waals surface area contributed by atoms with Crippen LogP contribution in [0.1, 0.15) is 5.56 Å². The maximum Gasteiger partial charge on any atom is 0.255 e. The number of halogens is 2. The highest BCUT2D eigenvalue weighted by atomic mass is 32.1. The molecule has 1 heterocycles. The third-order valence-electron chi connectivity index (χ3n) is 1.30. The van der Waals surface area contributed by atoms with Gasteiger partial charge in [0, 0.05) is 11.1 Å². The topological polar surface area (TPSA) is 12.0 Å². The molecule has 0 amide bonds. The van der Waals surface area contributed by atoms with Crippen molar-refractivity contribution >= 4 is 17.0 Å². The van der Waals surface area contributed by atoms with Crippen LogP contribution in [0.15, 0.2) is 10.8 Å². The highest BCUT2D eigenvalue weighted by Crippen LogP contribution is 2.19. The lowest BCUT2D eigenvalue weighted by molar-refractivity contribution is 0.163. The Morgan fingerprint density at radius 3 is 2.73 bits per heavy atom. The number of hydrogen-bond acceptors (Lipinski definition) is 2. The zero-order chi connectivity index (χ0) is 8.27. The summed E-state index contributed by atoms with van der Waals surface area (Å²) in [5.41, 5.74) is 1.84. The van der Waals surface area contributed by atoms with Crippen molar-refractivity contribution in [3.05, 3.63) is 16.3 Å². The lowest BCUT2D eigenvalue weighted by Gasteiger charge is -2.03. The lowest BCUT2D eigenvalue weighted by atomic mass is 10.3. The van der Waals surface area contributed by atoms with Crippen LogP contribution in [0.4, 0.5) is 14.5 Å². The van der Waals surface area contributed by atoms with Crippen molar-refractivity contribution in [2.75, 3.05) is 11.9 Å². The van der Waals surface area contributed by atoms with Crippen molar-refractivity contribution in [2.24, 2.45) is 0 Å². The molecule has 0 radical (unpaired) electrons. The predicted octanol–water partition coefficient (Wildman–Crippen LogP) is 2.73. The van der Waals surface area contributed by atoms with Gasteiger partial charge in [-0.15, -0.1) is 11.3 Å². The zero-order valence-corrected chi connectivity index (χ0v) is 6.92. The Hall–Kier alpha value is -0.640. The van der Waals surface area contributed by atoms with Crippen LogP contribution in [0.2, 0.25) is 0 Å². The summed E-state index contributed by atoms with van der Waals surface area (Å²) in [5, 5.41) is 6.41. The molecule has 1 nitrogen and oxygen atoms in total. The summed E-state index contributed by atoms with van der Waals surface area (Å²) in [7, 11) is 0. The Balaban J connectivity index is 2.44. The number of hydrogen-bond donors (Lipinski definition) is 1. The predicted molar refractivity (Wildman–Crippen MR) is 43.5 cm³/mol. The molecule has 1 N–H and O–H groups in total. The third-order valence-corrected chi connectivity index (χ3v) is 2.16. The van der Waals surface area contributed by atoms with Gasteiger partial charge in [0.25, 0.3) is 6.43 Å². The van der Waals surface area contributed by atoms with E-state index in [9.17, 15) is 8.78 Å². The molecular weight excluding hydrogens is 168 g/mol. The van der Waals surface area contributed by atoms with E-state index in [1.54, 1.807) is 0 Å². The fourth-order valence-electron chi connectivity index (χ4n) is 0.729. The molecule has 0 aromatic carbocycles. The Kier molecular flexibility index (Phi) is 2.82. The van der Waals surface area contributed by atoms with Crippen LogP contribution < -0.4 is 5.32 Å². The largest absolute Gasteiger partial charge is 0.378 e. The summed E-state index contributed by atoms with van der Waals surface area (Å²) < 4.78 is 23.4. The summed E-state index contributed by atoms with van der Waals surface area (Å²) in [4.78, 5) is 0. The van der Waals surface area contributed by atoms with Crippen molar-refractivity contribution in [3.8, 4) is 0 Å². The number of aryl methyl sites for hydroxylation is 1. The van der Waals surface area contributed by atoms with Crippen molar-refractivity contribution in [1.82, 2.24) is 0 Å². The van der Waals surface area contributed by atoms with Crippen molar-refractivity contribution in [1.29, 1.82) is 0 Å². The number of anilines is 1. The minimum Gasteiger partial charge on any atom is -0.378 e. The second-order valence-electron chi connectivity index (χ2n) is 2.24. The Bertz CT molecular complexity index is 222. The van der Waals surface area contributed by atoms with Crippen LogP contribution in [0, 0.1) is 6.92 Å². The van der Waals surface area contributed by atoms with Gasteiger partial charge in [0.15, 0.2) is 0 Å². The van der Waals surface area contributed by atoms with E-state index in [2.05, 4.69) is 5.32 Å². The molecule has 0 saturated heterocycles. The minimum atomic E-state index is -2.28. The van der Waals surface area contributed by atoms with Crippen LogP contribution in [-0.2, 0) is 0 Å². The smallest absolute Gasteiger partial charge is 0.255 e. The van der Waals surface area contributed by atoms with Crippen molar-refractivity contribution in [3.63, 3.8) is 0 Å². The van der Waals surface area contributed by atoms with E-state index in [1.807, 2.05) is 17.7 Å². The van der Waals surface area contributed by atoms with Gasteiger partial charge in [0.05, 0.1) is 6.54 Å². The fraction of sp³-hybridized carbons (Fsp3) is 0.429. The molecule has 0 saturated carbocycles. The monoisotopic (exact) mass is 177 g/mol. The molecule has 11 heavy (non-hydrogen) atoms. The molecule has 62 valence electrons. The first-order chi connectivity index (χ1) is 5.20. The average molecular weight is 177 g/mol. The van der Waals surface area contributed by atoms with Gasteiger partial charge in [-0.25, -0.2) is 8.78 Å². The van der Waals surface area contributed by atoms with Gasteiger partial charge >= 0.3 is 0 Å². The molecule has 0 aliphatic carbocycles. The normalized spacial score (nSPS) is 10.5. The maximum atomic E-state index is 11.7. The van der Waals surface area contributed by atoms with Gasteiger partial charge in [0.1, 0.15) is 0 Å². The molecule has 1 rings (SSSR count). The highest BCUT2D eigenvalue weighted by Gasteiger charge is 2.03. The molecule has 4 heteroatoms.